The maximum atomic E-state index is 12.1. The predicted octanol–water partition coefficient (Wildman–Crippen LogP) is 2.84. The summed E-state index contributed by atoms with van der Waals surface area (Å²) in [5, 5.41) is 17.5. The normalized spacial score (nSPS) is 11.8. The maximum Gasteiger partial charge on any atom is 0.328 e. The van der Waals surface area contributed by atoms with Gasteiger partial charge in [-0.1, -0.05) is 48.7 Å². The summed E-state index contributed by atoms with van der Waals surface area (Å²) in [6.45, 7) is 4.35. The summed E-state index contributed by atoms with van der Waals surface area (Å²) in [6.07, 6.45) is 0.375. The molecule has 1 amide bonds. The second kappa shape index (κ2) is 15.3. The fourth-order valence-corrected chi connectivity index (χ4v) is 3.79. The van der Waals surface area contributed by atoms with Gasteiger partial charge in [-0.25, -0.2) is 9.79 Å². The maximum absolute atomic E-state index is 12.1. The monoisotopic (exact) mass is 542 g/mol. The Morgan fingerprint density at radius 1 is 1.08 bits per heavy atom. The van der Waals surface area contributed by atoms with Crippen LogP contribution in [0.15, 0.2) is 52.8 Å². The average Bonchev–Trinajstić information content (AvgIpc) is 3.43. The molecule has 3 rings (SSSR count). The Hall–Kier alpha value is -4.03. The van der Waals surface area contributed by atoms with Gasteiger partial charge in [0.05, 0.1) is 20.6 Å². The Morgan fingerprint density at radius 2 is 1.74 bits per heavy atom. The van der Waals surface area contributed by atoms with E-state index in [9.17, 15) is 9.59 Å². The van der Waals surface area contributed by atoms with Gasteiger partial charge in [-0.15, -0.1) is 5.10 Å². The van der Waals surface area contributed by atoms with Crippen molar-refractivity contribution in [2.45, 2.75) is 39.3 Å². The number of carboxylic acid groups (broad SMARTS) is 1. The Bertz CT molecular complexity index is 1200. The van der Waals surface area contributed by atoms with Gasteiger partial charge < -0.3 is 26.0 Å². The molecule has 12 heteroatoms. The van der Waals surface area contributed by atoms with Crippen molar-refractivity contribution in [3.8, 4) is 22.8 Å². The van der Waals surface area contributed by atoms with Crippen LogP contribution >= 0.6 is 11.5 Å². The molecule has 0 saturated heterocycles. The molecular formula is C26H34N6O5S. The molecule has 0 spiro atoms. The molecule has 11 nitrogen and oxygen atoms in total. The zero-order valence-corrected chi connectivity index (χ0v) is 22.7. The molecule has 3 aromatic rings. The number of carbonyl (C=O) groups is 2. The first kappa shape index (κ1) is 30.2. The van der Waals surface area contributed by atoms with Crippen LogP contribution in [0.2, 0.25) is 0 Å². The summed E-state index contributed by atoms with van der Waals surface area (Å²) in [6, 6.07) is 12.2. The highest BCUT2D eigenvalue weighted by atomic mass is 32.1. The van der Waals surface area contributed by atoms with Gasteiger partial charge in [0.1, 0.15) is 5.69 Å². The lowest BCUT2D eigenvalue weighted by Crippen LogP contribution is -2.39. The number of carboxylic acids is 1. The Kier molecular flexibility index (Phi) is 12.1. The lowest BCUT2D eigenvalue weighted by Gasteiger charge is -2.12. The van der Waals surface area contributed by atoms with Crippen LogP contribution in [-0.2, 0) is 22.6 Å². The highest BCUT2D eigenvalue weighted by molar-refractivity contribution is 7.03. The Labute approximate surface area is 226 Å². The van der Waals surface area contributed by atoms with Crippen LogP contribution in [0.3, 0.4) is 0 Å². The summed E-state index contributed by atoms with van der Waals surface area (Å²) in [5.41, 5.74) is 15.0. The first-order chi connectivity index (χ1) is 18.2. The molecule has 38 heavy (non-hydrogen) atoms. The lowest BCUT2D eigenvalue weighted by molar-refractivity contribution is -0.138. The van der Waals surface area contributed by atoms with Crippen LogP contribution in [0, 0.1) is 5.92 Å². The SMILES string of the molecule is COc1ccc(CC(=O)NC(N)=NC(CC(C)C)C(=O)O)cc1OC.NCc1ccc(-c2csnn2)cc1. The summed E-state index contributed by atoms with van der Waals surface area (Å²) >= 11 is 1.36. The van der Waals surface area contributed by atoms with Crippen molar-refractivity contribution in [1.82, 2.24) is 14.9 Å². The van der Waals surface area contributed by atoms with Gasteiger partial charge in [-0.05, 0) is 47.1 Å². The molecular weight excluding hydrogens is 508 g/mol. The van der Waals surface area contributed by atoms with E-state index in [0.29, 0.717) is 30.0 Å². The van der Waals surface area contributed by atoms with Gasteiger partial charge in [0.2, 0.25) is 5.91 Å². The van der Waals surface area contributed by atoms with Crippen molar-refractivity contribution in [1.29, 1.82) is 0 Å². The van der Waals surface area contributed by atoms with E-state index >= 15 is 0 Å². The second-order valence-electron chi connectivity index (χ2n) is 8.60. The first-order valence-electron chi connectivity index (χ1n) is 11.8. The average molecular weight is 543 g/mol. The number of amides is 1. The number of benzene rings is 2. The van der Waals surface area contributed by atoms with E-state index in [2.05, 4.69) is 19.9 Å². The van der Waals surface area contributed by atoms with E-state index in [0.717, 1.165) is 16.8 Å². The fourth-order valence-electron chi connectivity index (χ4n) is 3.32. The van der Waals surface area contributed by atoms with Crippen molar-refractivity contribution < 1.29 is 24.2 Å². The van der Waals surface area contributed by atoms with E-state index in [1.54, 1.807) is 18.2 Å². The Morgan fingerprint density at radius 3 is 2.26 bits per heavy atom. The number of ether oxygens (including phenoxy) is 2. The number of carbonyl (C=O) groups excluding carboxylic acids is 1. The van der Waals surface area contributed by atoms with Crippen molar-refractivity contribution in [2.75, 3.05) is 14.2 Å². The van der Waals surface area contributed by atoms with Gasteiger partial charge in [0.15, 0.2) is 23.5 Å². The third-order valence-corrected chi connectivity index (χ3v) is 5.70. The third kappa shape index (κ3) is 9.79. The summed E-state index contributed by atoms with van der Waals surface area (Å²) in [4.78, 5) is 27.1. The molecule has 0 fully saturated rings. The standard InChI is InChI=1S/C17H25N3O5.C9H9N3S/c1-10(2)7-12(16(22)23)19-17(18)20-15(21)9-11-5-6-13(24-3)14(8-11)25-4;10-5-7-1-3-8(4-2-7)9-6-13-12-11-9/h5-6,8,10,12H,7,9H2,1-4H3,(H,22,23)(H3,18,19,20,21);1-4,6H,5,10H2. The highest BCUT2D eigenvalue weighted by Gasteiger charge is 2.19. The zero-order chi connectivity index (χ0) is 28.1. The molecule has 0 aliphatic rings. The smallest absolute Gasteiger partial charge is 0.328 e. The number of nitrogens with two attached hydrogens (primary N) is 2. The third-order valence-electron chi connectivity index (χ3n) is 5.20. The van der Waals surface area contributed by atoms with Crippen molar-refractivity contribution in [2.24, 2.45) is 22.4 Å². The second-order valence-corrected chi connectivity index (χ2v) is 9.21. The number of aromatic nitrogens is 2. The molecule has 0 saturated carbocycles. The van der Waals surface area contributed by atoms with Crippen LogP contribution in [0.1, 0.15) is 31.4 Å². The molecule has 0 aliphatic heterocycles. The molecule has 0 bridgehead atoms. The van der Waals surface area contributed by atoms with E-state index in [4.69, 9.17) is 26.0 Å². The van der Waals surface area contributed by atoms with Gasteiger partial charge >= 0.3 is 5.97 Å². The number of aliphatic carboxylic acids is 1. The van der Waals surface area contributed by atoms with E-state index in [1.807, 2.05) is 43.5 Å². The molecule has 0 radical (unpaired) electrons. The van der Waals surface area contributed by atoms with Crippen LogP contribution in [0.25, 0.3) is 11.3 Å². The molecule has 204 valence electrons. The van der Waals surface area contributed by atoms with Crippen molar-refractivity contribution in [3.63, 3.8) is 0 Å². The minimum Gasteiger partial charge on any atom is -0.493 e. The number of hydrogen-bond donors (Lipinski definition) is 4. The number of methoxy groups -OCH3 is 2. The number of rotatable bonds is 10. The molecule has 6 N–H and O–H groups in total. The van der Waals surface area contributed by atoms with Crippen LogP contribution in [0.5, 0.6) is 11.5 Å². The van der Waals surface area contributed by atoms with Gasteiger partial charge in [-0.3, -0.25) is 10.1 Å². The minimum atomic E-state index is -1.08. The van der Waals surface area contributed by atoms with Gasteiger partial charge in [0, 0.05) is 17.5 Å². The van der Waals surface area contributed by atoms with Crippen molar-refractivity contribution in [3.05, 3.63) is 59.0 Å². The van der Waals surface area contributed by atoms with Crippen LogP contribution in [0.4, 0.5) is 0 Å². The number of nitrogens with zero attached hydrogens (tertiary/aromatic N) is 3. The fraction of sp³-hybridized carbons (Fsp3) is 0.346. The zero-order valence-electron chi connectivity index (χ0n) is 21.9. The minimum absolute atomic E-state index is 0.0402. The summed E-state index contributed by atoms with van der Waals surface area (Å²) in [5.74, 6) is -0.477. The quantitative estimate of drug-likeness (QED) is 0.222. The number of hydrogen-bond acceptors (Lipinski definition) is 9. The first-order valence-corrected chi connectivity index (χ1v) is 12.6. The molecule has 2 aromatic carbocycles. The summed E-state index contributed by atoms with van der Waals surface area (Å²) in [7, 11) is 3.03. The molecule has 1 atom stereocenters. The van der Waals surface area contributed by atoms with Crippen LogP contribution < -0.4 is 26.3 Å². The number of guanidine groups is 1. The highest BCUT2D eigenvalue weighted by Crippen LogP contribution is 2.27. The van der Waals surface area contributed by atoms with E-state index in [1.165, 1.54) is 25.8 Å². The molecule has 1 heterocycles. The van der Waals surface area contributed by atoms with Gasteiger partial charge in [-0.2, -0.15) is 0 Å². The molecule has 0 aliphatic carbocycles. The largest absolute Gasteiger partial charge is 0.493 e. The Balaban J connectivity index is 0.000000323. The molecule has 1 unspecified atom stereocenters. The predicted molar refractivity (Wildman–Crippen MR) is 147 cm³/mol. The van der Waals surface area contributed by atoms with E-state index < -0.39 is 17.9 Å². The van der Waals surface area contributed by atoms with Crippen LogP contribution in [-0.4, -0.2) is 52.8 Å². The number of aliphatic imine (C=N–C) groups is 1. The van der Waals surface area contributed by atoms with Crippen molar-refractivity contribution >= 4 is 29.4 Å². The van der Waals surface area contributed by atoms with Gasteiger partial charge in [0.25, 0.3) is 0 Å². The lowest BCUT2D eigenvalue weighted by atomic mass is 10.0. The van der Waals surface area contributed by atoms with E-state index in [-0.39, 0.29) is 18.3 Å². The molecule has 1 aromatic heterocycles. The topological polar surface area (TPSA) is 175 Å². The number of nitrogens with one attached hydrogen (secondary N) is 1. The summed E-state index contributed by atoms with van der Waals surface area (Å²) < 4.78 is 14.1.